The number of aliphatic hydroxyl groups excluding tert-OH is 1. The van der Waals surface area contributed by atoms with Crippen LogP contribution in [0.1, 0.15) is 11.8 Å². The number of pyridine rings is 1. The molecule has 0 aliphatic carbocycles. The van der Waals surface area contributed by atoms with Crippen molar-refractivity contribution < 1.29 is 9.84 Å². The number of hydrogen-bond donors (Lipinski definition) is 2. The molecule has 2 rings (SSSR count). The number of nitrogens with zero attached hydrogens (tertiary/aromatic N) is 1. The van der Waals surface area contributed by atoms with E-state index in [9.17, 15) is 5.11 Å². The van der Waals surface area contributed by atoms with Gasteiger partial charge in [0.15, 0.2) is 0 Å². The van der Waals surface area contributed by atoms with Crippen molar-refractivity contribution in [2.75, 3.05) is 19.0 Å². The molecule has 0 fully saturated rings. The first-order chi connectivity index (χ1) is 8.79. The number of rotatable bonds is 5. The average Bonchev–Trinajstić information content (AvgIpc) is 2.46. The highest BCUT2D eigenvalue weighted by atomic mass is 16.5. The van der Waals surface area contributed by atoms with E-state index in [1.807, 2.05) is 36.4 Å². The molecule has 0 bridgehead atoms. The minimum atomic E-state index is -0.627. The van der Waals surface area contributed by atoms with E-state index in [-0.39, 0.29) is 0 Å². The van der Waals surface area contributed by atoms with Crippen LogP contribution in [0.5, 0.6) is 5.75 Å². The van der Waals surface area contributed by atoms with Crippen LogP contribution in [0, 0.1) is 0 Å². The van der Waals surface area contributed by atoms with Crippen molar-refractivity contribution in [2.24, 2.45) is 0 Å². The molecule has 2 aromatic rings. The van der Waals surface area contributed by atoms with Crippen LogP contribution in [0.25, 0.3) is 0 Å². The van der Waals surface area contributed by atoms with Gasteiger partial charge >= 0.3 is 0 Å². The minimum Gasteiger partial charge on any atom is -0.497 e. The van der Waals surface area contributed by atoms with Crippen molar-refractivity contribution in [3.05, 3.63) is 54.4 Å². The highest BCUT2D eigenvalue weighted by Crippen LogP contribution is 2.18. The molecule has 4 nitrogen and oxygen atoms in total. The van der Waals surface area contributed by atoms with Gasteiger partial charge in [-0.3, -0.25) is 4.98 Å². The Balaban J connectivity index is 1.95. The lowest BCUT2D eigenvalue weighted by atomic mass is 10.2. The molecule has 0 amide bonds. The first-order valence-corrected chi connectivity index (χ1v) is 5.76. The van der Waals surface area contributed by atoms with E-state index in [4.69, 9.17) is 4.74 Å². The van der Waals surface area contributed by atoms with E-state index >= 15 is 0 Å². The number of aromatic nitrogens is 1. The summed E-state index contributed by atoms with van der Waals surface area (Å²) in [5.41, 5.74) is 1.57. The highest BCUT2D eigenvalue weighted by Gasteiger charge is 2.07. The lowest BCUT2D eigenvalue weighted by molar-refractivity contribution is 0.187. The number of anilines is 1. The molecule has 4 heteroatoms. The van der Waals surface area contributed by atoms with Crippen LogP contribution in [0.2, 0.25) is 0 Å². The number of hydrogen-bond acceptors (Lipinski definition) is 4. The molecular formula is C14H16N2O2. The van der Waals surface area contributed by atoms with Crippen molar-refractivity contribution >= 4 is 5.69 Å². The monoisotopic (exact) mass is 244 g/mol. The maximum Gasteiger partial charge on any atom is 0.120 e. The topological polar surface area (TPSA) is 54.4 Å². The number of aliphatic hydroxyl groups is 1. The molecule has 1 aromatic heterocycles. The van der Waals surface area contributed by atoms with Gasteiger partial charge in [-0.15, -0.1) is 0 Å². The van der Waals surface area contributed by atoms with Crippen LogP contribution in [-0.4, -0.2) is 23.7 Å². The van der Waals surface area contributed by atoms with Gasteiger partial charge in [0.05, 0.1) is 12.8 Å². The largest absolute Gasteiger partial charge is 0.497 e. The summed E-state index contributed by atoms with van der Waals surface area (Å²) in [5.74, 6) is 0.785. The fraction of sp³-hybridized carbons (Fsp3) is 0.214. The lowest BCUT2D eigenvalue weighted by Gasteiger charge is -2.12. The van der Waals surface area contributed by atoms with Crippen LogP contribution in [0.4, 0.5) is 5.69 Å². The molecule has 0 saturated heterocycles. The molecule has 0 aliphatic heterocycles. The van der Waals surface area contributed by atoms with Gasteiger partial charge in [-0.2, -0.15) is 0 Å². The molecule has 0 saturated carbocycles. The van der Waals surface area contributed by atoms with E-state index in [1.54, 1.807) is 19.4 Å². The normalized spacial score (nSPS) is 11.9. The van der Waals surface area contributed by atoms with Gasteiger partial charge in [-0.25, -0.2) is 0 Å². The van der Waals surface area contributed by atoms with E-state index in [1.165, 1.54) is 0 Å². The average molecular weight is 244 g/mol. The Hall–Kier alpha value is -2.07. The fourth-order valence-corrected chi connectivity index (χ4v) is 1.63. The maximum atomic E-state index is 9.95. The Morgan fingerprint density at radius 3 is 2.89 bits per heavy atom. The van der Waals surface area contributed by atoms with Crippen molar-refractivity contribution in [3.8, 4) is 5.75 Å². The molecule has 1 atom stereocenters. The van der Waals surface area contributed by atoms with Gasteiger partial charge < -0.3 is 15.2 Å². The van der Waals surface area contributed by atoms with Crippen molar-refractivity contribution in [1.29, 1.82) is 0 Å². The minimum absolute atomic E-state index is 0.407. The van der Waals surface area contributed by atoms with Crippen molar-refractivity contribution in [2.45, 2.75) is 6.10 Å². The molecule has 2 N–H and O–H groups in total. The van der Waals surface area contributed by atoms with E-state index in [2.05, 4.69) is 10.3 Å². The first-order valence-electron chi connectivity index (χ1n) is 5.76. The molecule has 0 spiro atoms. The van der Waals surface area contributed by atoms with Crippen LogP contribution in [0.3, 0.4) is 0 Å². The van der Waals surface area contributed by atoms with Gasteiger partial charge in [0.1, 0.15) is 11.9 Å². The predicted octanol–water partition coefficient (Wildman–Crippen LogP) is 2.24. The summed E-state index contributed by atoms with van der Waals surface area (Å²) in [6.45, 7) is 0.407. The molecule has 1 heterocycles. The Kier molecular flexibility index (Phi) is 4.15. The summed E-state index contributed by atoms with van der Waals surface area (Å²) in [5, 5.41) is 13.1. The number of methoxy groups -OCH3 is 1. The van der Waals surface area contributed by atoms with Crippen molar-refractivity contribution in [1.82, 2.24) is 4.98 Å². The van der Waals surface area contributed by atoms with Gasteiger partial charge in [0.2, 0.25) is 0 Å². The quantitative estimate of drug-likeness (QED) is 0.847. The van der Waals surface area contributed by atoms with Gasteiger partial charge in [0, 0.05) is 24.5 Å². The Labute approximate surface area is 106 Å². The predicted molar refractivity (Wildman–Crippen MR) is 70.7 cm³/mol. The molecule has 1 unspecified atom stereocenters. The molecule has 0 aliphatic rings. The van der Waals surface area contributed by atoms with Gasteiger partial charge in [-0.05, 0) is 24.3 Å². The summed E-state index contributed by atoms with van der Waals surface area (Å²) in [6.07, 6.45) is 1.04. The zero-order valence-electron chi connectivity index (χ0n) is 10.2. The highest BCUT2D eigenvalue weighted by molar-refractivity contribution is 5.48. The molecule has 1 aromatic carbocycles. The molecular weight excluding hydrogens is 228 g/mol. The second-order valence-corrected chi connectivity index (χ2v) is 3.88. The zero-order valence-corrected chi connectivity index (χ0v) is 10.2. The summed E-state index contributed by atoms with van der Waals surface area (Å²) < 4.78 is 5.13. The number of benzene rings is 1. The Morgan fingerprint density at radius 2 is 2.17 bits per heavy atom. The zero-order chi connectivity index (χ0) is 12.8. The summed E-state index contributed by atoms with van der Waals surface area (Å²) in [7, 11) is 1.63. The molecule has 94 valence electrons. The van der Waals surface area contributed by atoms with Gasteiger partial charge in [0.25, 0.3) is 0 Å². The Bertz CT molecular complexity index is 488. The third kappa shape index (κ3) is 3.21. The smallest absolute Gasteiger partial charge is 0.120 e. The Morgan fingerprint density at radius 1 is 1.28 bits per heavy atom. The van der Waals surface area contributed by atoms with Crippen LogP contribution in [-0.2, 0) is 0 Å². The number of nitrogens with one attached hydrogen (secondary N) is 1. The molecule has 18 heavy (non-hydrogen) atoms. The summed E-state index contributed by atoms with van der Waals surface area (Å²) in [6, 6.07) is 13.1. The van der Waals surface area contributed by atoms with E-state index in [0.717, 1.165) is 11.4 Å². The fourth-order valence-electron chi connectivity index (χ4n) is 1.63. The third-order valence-electron chi connectivity index (χ3n) is 2.60. The maximum absolute atomic E-state index is 9.95. The van der Waals surface area contributed by atoms with Crippen LogP contribution >= 0.6 is 0 Å². The first kappa shape index (κ1) is 12.4. The van der Waals surface area contributed by atoms with Crippen molar-refractivity contribution in [3.63, 3.8) is 0 Å². The second-order valence-electron chi connectivity index (χ2n) is 3.88. The summed E-state index contributed by atoms with van der Waals surface area (Å²) >= 11 is 0. The SMILES string of the molecule is COc1cccc(NCC(O)c2ccccn2)c1. The van der Waals surface area contributed by atoms with Crippen LogP contribution in [0.15, 0.2) is 48.7 Å². The standard InChI is InChI=1S/C14H16N2O2/c1-18-12-6-4-5-11(9-12)16-10-14(17)13-7-2-3-8-15-13/h2-9,14,16-17H,10H2,1H3. The third-order valence-corrected chi connectivity index (χ3v) is 2.60. The summed E-state index contributed by atoms with van der Waals surface area (Å²) in [4.78, 5) is 4.11. The van der Waals surface area contributed by atoms with Crippen LogP contribution < -0.4 is 10.1 Å². The number of ether oxygens (including phenoxy) is 1. The van der Waals surface area contributed by atoms with E-state index in [0.29, 0.717) is 12.2 Å². The van der Waals surface area contributed by atoms with E-state index < -0.39 is 6.10 Å². The molecule has 0 radical (unpaired) electrons. The second kappa shape index (κ2) is 6.02. The van der Waals surface area contributed by atoms with Gasteiger partial charge in [-0.1, -0.05) is 12.1 Å². The lowest BCUT2D eigenvalue weighted by Crippen LogP contribution is -2.13.